The van der Waals surface area contributed by atoms with Crippen LogP contribution in [-0.2, 0) is 5.54 Å². The Labute approximate surface area is 98.9 Å². The lowest BCUT2D eigenvalue weighted by molar-refractivity contribution is 0.357. The van der Waals surface area contributed by atoms with Gasteiger partial charge >= 0.3 is 0 Å². The highest BCUT2D eigenvalue weighted by molar-refractivity contribution is 5.60. The summed E-state index contributed by atoms with van der Waals surface area (Å²) in [4.78, 5) is 11.4. The second-order valence-corrected chi connectivity index (χ2v) is 4.99. The molecule has 0 amide bonds. The lowest BCUT2D eigenvalue weighted by atomic mass is 10.1. The number of halogens is 1. The molecule has 3 nitrogen and oxygen atoms in total. The molecule has 2 rings (SSSR count). The van der Waals surface area contributed by atoms with Gasteiger partial charge in [-0.25, -0.2) is 4.39 Å². The monoisotopic (exact) mass is 234 g/mol. The molecule has 0 atom stereocenters. The van der Waals surface area contributed by atoms with Gasteiger partial charge in [0.1, 0.15) is 5.82 Å². The smallest absolute Gasteiger partial charge is 0.264 e. The van der Waals surface area contributed by atoms with E-state index in [9.17, 15) is 9.18 Å². The average Bonchev–Trinajstić information content (AvgIpc) is 2.60. The summed E-state index contributed by atoms with van der Waals surface area (Å²) in [6, 6.07) is 7.86. The minimum atomic E-state index is -0.329. The van der Waals surface area contributed by atoms with Crippen molar-refractivity contribution < 1.29 is 4.39 Å². The molecule has 1 aromatic carbocycles. The first-order chi connectivity index (χ1) is 7.89. The van der Waals surface area contributed by atoms with Crippen LogP contribution in [0.15, 0.2) is 35.1 Å². The highest BCUT2D eigenvalue weighted by Gasteiger charge is 2.20. The Morgan fingerprint density at radius 1 is 1.24 bits per heavy atom. The van der Waals surface area contributed by atoms with E-state index in [1.165, 1.54) is 12.1 Å². The number of hydrogen-bond donors (Lipinski definition) is 1. The van der Waals surface area contributed by atoms with Crippen molar-refractivity contribution in [1.82, 2.24) is 9.78 Å². The van der Waals surface area contributed by atoms with Crippen molar-refractivity contribution in [3.05, 3.63) is 46.5 Å². The van der Waals surface area contributed by atoms with Gasteiger partial charge in [-0.3, -0.25) is 14.6 Å². The normalized spacial score (nSPS) is 11.8. The Bertz CT molecular complexity index is 590. The molecule has 0 saturated carbocycles. The molecule has 0 fully saturated rings. The molecule has 17 heavy (non-hydrogen) atoms. The van der Waals surface area contributed by atoms with Crippen molar-refractivity contribution in [2.75, 3.05) is 0 Å². The van der Waals surface area contributed by atoms with E-state index in [1.54, 1.807) is 22.9 Å². The van der Waals surface area contributed by atoms with Gasteiger partial charge in [0.15, 0.2) is 0 Å². The molecule has 0 bridgehead atoms. The quantitative estimate of drug-likeness (QED) is 0.809. The Kier molecular flexibility index (Phi) is 2.65. The van der Waals surface area contributed by atoms with Gasteiger partial charge in [0.05, 0.1) is 11.2 Å². The maximum absolute atomic E-state index is 13.7. The lowest BCUT2D eigenvalue weighted by Crippen LogP contribution is -2.25. The zero-order chi connectivity index (χ0) is 12.6. The summed E-state index contributed by atoms with van der Waals surface area (Å²) in [5.41, 5.74) is 0.472. The molecule has 0 unspecified atom stereocenters. The van der Waals surface area contributed by atoms with Crippen LogP contribution < -0.4 is 5.56 Å². The Hall–Kier alpha value is -1.84. The number of hydrogen-bond acceptors (Lipinski definition) is 1. The molecule has 0 saturated heterocycles. The van der Waals surface area contributed by atoms with E-state index in [1.807, 2.05) is 20.8 Å². The van der Waals surface area contributed by atoms with Crippen LogP contribution in [0.4, 0.5) is 4.39 Å². The Morgan fingerprint density at radius 3 is 2.47 bits per heavy atom. The lowest BCUT2D eigenvalue weighted by Gasteiger charge is -2.23. The SMILES string of the molecule is CC(C)(C)n1[nH]c(=O)cc1-c1ccccc1F. The molecule has 1 heterocycles. The Morgan fingerprint density at radius 2 is 1.88 bits per heavy atom. The van der Waals surface area contributed by atoms with Gasteiger partial charge < -0.3 is 0 Å². The predicted octanol–water partition coefficient (Wildman–Crippen LogP) is 2.74. The van der Waals surface area contributed by atoms with Gasteiger partial charge in [-0.1, -0.05) is 12.1 Å². The number of aromatic amines is 1. The molecule has 0 spiro atoms. The van der Waals surface area contributed by atoms with Crippen LogP contribution in [0, 0.1) is 5.82 Å². The summed E-state index contributed by atoms with van der Waals surface area (Å²) in [6.45, 7) is 5.86. The minimum Gasteiger partial charge on any atom is -0.279 e. The van der Waals surface area contributed by atoms with E-state index in [-0.39, 0.29) is 16.9 Å². The molecular weight excluding hydrogens is 219 g/mol. The molecule has 0 aliphatic heterocycles. The van der Waals surface area contributed by atoms with Crippen molar-refractivity contribution in [2.45, 2.75) is 26.3 Å². The summed E-state index contributed by atoms with van der Waals surface area (Å²) >= 11 is 0. The summed E-state index contributed by atoms with van der Waals surface area (Å²) in [6.07, 6.45) is 0. The highest BCUT2D eigenvalue weighted by atomic mass is 19.1. The molecule has 0 radical (unpaired) electrons. The summed E-state index contributed by atoms with van der Waals surface area (Å²) in [7, 11) is 0. The molecule has 1 N–H and O–H groups in total. The molecule has 1 aromatic heterocycles. The second-order valence-electron chi connectivity index (χ2n) is 4.99. The third kappa shape index (κ3) is 2.16. The summed E-state index contributed by atoms with van der Waals surface area (Å²) in [5.74, 6) is -0.329. The van der Waals surface area contributed by atoms with Gasteiger partial charge in [0.2, 0.25) is 0 Å². The standard InChI is InChI=1S/C13H15FN2O/c1-13(2,3)16-11(8-12(17)15-16)9-6-4-5-7-10(9)14/h4-8H,1-3H3,(H,15,17). The fraction of sp³-hybridized carbons (Fsp3) is 0.308. The number of nitrogens with one attached hydrogen (secondary N) is 1. The van der Waals surface area contributed by atoms with Crippen molar-refractivity contribution in [3.63, 3.8) is 0 Å². The van der Waals surface area contributed by atoms with E-state index in [4.69, 9.17) is 0 Å². The van der Waals surface area contributed by atoms with Crippen molar-refractivity contribution >= 4 is 0 Å². The molecule has 2 aromatic rings. The van der Waals surface area contributed by atoms with Crippen LogP contribution in [0.1, 0.15) is 20.8 Å². The van der Waals surface area contributed by atoms with Crippen molar-refractivity contribution in [3.8, 4) is 11.3 Å². The van der Waals surface area contributed by atoms with E-state index in [0.717, 1.165) is 0 Å². The fourth-order valence-electron chi connectivity index (χ4n) is 1.79. The number of aromatic nitrogens is 2. The van der Waals surface area contributed by atoms with Crippen molar-refractivity contribution in [1.29, 1.82) is 0 Å². The first-order valence-corrected chi connectivity index (χ1v) is 5.47. The van der Waals surface area contributed by atoms with Crippen LogP contribution in [-0.4, -0.2) is 9.78 Å². The molecule has 0 aliphatic carbocycles. The molecule has 4 heteroatoms. The molecular formula is C13H15FN2O. The van der Waals surface area contributed by atoms with Gasteiger partial charge in [-0.15, -0.1) is 0 Å². The first kappa shape index (κ1) is 11.6. The van der Waals surface area contributed by atoms with E-state index < -0.39 is 0 Å². The zero-order valence-corrected chi connectivity index (χ0v) is 10.1. The Balaban J connectivity index is 2.69. The number of nitrogens with zero attached hydrogens (tertiary/aromatic N) is 1. The maximum atomic E-state index is 13.7. The average molecular weight is 234 g/mol. The topological polar surface area (TPSA) is 37.8 Å². The van der Waals surface area contributed by atoms with Gasteiger partial charge in [0.25, 0.3) is 5.56 Å². The maximum Gasteiger partial charge on any atom is 0.264 e. The van der Waals surface area contributed by atoms with Crippen LogP contribution in [0.2, 0.25) is 0 Å². The third-order valence-corrected chi connectivity index (χ3v) is 2.55. The number of rotatable bonds is 1. The van der Waals surface area contributed by atoms with Crippen LogP contribution in [0.25, 0.3) is 11.3 Å². The highest BCUT2D eigenvalue weighted by Crippen LogP contribution is 2.25. The third-order valence-electron chi connectivity index (χ3n) is 2.55. The van der Waals surface area contributed by atoms with Gasteiger partial charge in [0, 0.05) is 11.6 Å². The zero-order valence-electron chi connectivity index (χ0n) is 10.1. The minimum absolute atomic E-state index is 0.224. The number of H-pyrrole nitrogens is 1. The van der Waals surface area contributed by atoms with E-state index >= 15 is 0 Å². The molecule has 0 aliphatic rings. The summed E-state index contributed by atoms with van der Waals surface area (Å²) < 4.78 is 15.4. The predicted molar refractivity (Wildman–Crippen MR) is 65.4 cm³/mol. The fourth-order valence-corrected chi connectivity index (χ4v) is 1.79. The van der Waals surface area contributed by atoms with Crippen molar-refractivity contribution in [2.24, 2.45) is 0 Å². The van der Waals surface area contributed by atoms with Crippen LogP contribution in [0.3, 0.4) is 0 Å². The summed E-state index contributed by atoms with van der Waals surface area (Å²) in [5, 5.41) is 2.70. The largest absolute Gasteiger partial charge is 0.279 e. The van der Waals surface area contributed by atoms with E-state index in [2.05, 4.69) is 5.10 Å². The number of benzene rings is 1. The van der Waals surface area contributed by atoms with E-state index in [0.29, 0.717) is 11.3 Å². The van der Waals surface area contributed by atoms with Crippen LogP contribution in [0.5, 0.6) is 0 Å². The van der Waals surface area contributed by atoms with Gasteiger partial charge in [-0.05, 0) is 32.9 Å². The second kappa shape index (κ2) is 3.87. The van der Waals surface area contributed by atoms with Gasteiger partial charge in [-0.2, -0.15) is 0 Å². The van der Waals surface area contributed by atoms with Crippen LogP contribution >= 0.6 is 0 Å². The first-order valence-electron chi connectivity index (χ1n) is 5.47. The molecule has 90 valence electrons.